The fourth-order valence-electron chi connectivity index (χ4n) is 2.12. The van der Waals surface area contributed by atoms with Gasteiger partial charge in [-0.05, 0) is 24.3 Å². The minimum Gasteiger partial charge on any atom is -0.461 e. The van der Waals surface area contributed by atoms with Crippen molar-refractivity contribution in [2.24, 2.45) is 11.8 Å². The monoisotopic (exact) mass is 369 g/mol. The molecule has 1 fully saturated rings. The van der Waals surface area contributed by atoms with Crippen LogP contribution in [0.3, 0.4) is 0 Å². The molecule has 0 N–H and O–H groups in total. The number of hydrogen-bond donors (Lipinski definition) is 1. The predicted molar refractivity (Wildman–Crippen MR) is 113 cm³/mol. The molecule has 0 amide bonds. The number of esters is 1. The topological polar surface area (TPSA) is 29.5 Å². The van der Waals surface area contributed by atoms with E-state index in [0.717, 1.165) is 25.3 Å². The van der Waals surface area contributed by atoms with E-state index in [1.807, 2.05) is 43.3 Å². The molecule has 1 aromatic carbocycles. The number of thiol groups is 1. The average molecular weight is 370 g/mol. The lowest BCUT2D eigenvalue weighted by Gasteiger charge is -2.29. The molecular weight excluding hydrogens is 330 g/mol. The van der Waals surface area contributed by atoms with Crippen LogP contribution in [-0.4, -0.2) is 22.9 Å². The van der Waals surface area contributed by atoms with Gasteiger partial charge in [0.2, 0.25) is 0 Å². The normalized spacial score (nSPS) is 19.0. The van der Waals surface area contributed by atoms with Gasteiger partial charge in [0, 0.05) is 13.1 Å². The number of ether oxygens (including phenoxy) is 1. The lowest BCUT2D eigenvalue weighted by atomic mass is 9.99. The second kappa shape index (κ2) is 15.3. The molecule has 0 aromatic heterocycles. The summed E-state index contributed by atoms with van der Waals surface area (Å²) in [4.78, 5) is 11.5. The van der Waals surface area contributed by atoms with Gasteiger partial charge in [-0.2, -0.15) is 0 Å². The lowest BCUT2D eigenvalue weighted by molar-refractivity contribution is -0.159. The Morgan fingerprint density at radius 1 is 1.16 bits per heavy atom. The largest absolute Gasteiger partial charge is 0.461 e. The van der Waals surface area contributed by atoms with Crippen molar-refractivity contribution >= 4 is 18.8 Å². The molecule has 2 unspecified atom stereocenters. The number of carbonyl (C=O) groups is 1. The Morgan fingerprint density at radius 3 is 2.16 bits per heavy atom. The molecule has 1 saturated heterocycles. The number of rotatable bonds is 4. The van der Waals surface area contributed by atoms with Crippen LogP contribution in [0.15, 0.2) is 30.3 Å². The zero-order valence-corrected chi connectivity index (χ0v) is 17.1. The van der Waals surface area contributed by atoms with Crippen LogP contribution >= 0.6 is 12.8 Å². The molecule has 0 spiro atoms. The first-order valence-electron chi connectivity index (χ1n) is 9.06. The van der Waals surface area contributed by atoms with Crippen molar-refractivity contribution in [3.63, 3.8) is 0 Å². The first-order chi connectivity index (χ1) is 11.4. The predicted octanol–water partition coefficient (Wildman–Crippen LogP) is 6.00. The number of cyclic esters (lactones) is 1. The van der Waals surface area contributed by atoms with E-state index in [1.54, 1.807) is 0 Å². The molecular formula is C21H39NO2S. The van der Waals surface area contributed by atoms with Crippen LogP contribution < -0.4 is 0 Å². The van der Waals surface area contributed by atoms with Gasteiger partial charge >= 0.3 is 5.97 Å². The smallest absolute Gasteiger partial charge is 0.308 e. The zero-order chi connectivity index (χ0) is 18.5. The highest BCUT2D eigenvalue weighted by Gasteiger charge is 2.27. The van der Waals surface area contributed by atoms with Crippen LogP contribution in [0.25, 0.3) is 0 Å². The van der Waals surface area contributed by atoms with Gasteiger partial charge in [-0.25, -0.2) is 4.31 Å². The fourth-order valence-corrected chi connectivity index (χ4v) is 2.46. The number of hydrogen-bond acceptors (Lipinski definition) is 4. The molecule has 0 bridgehead atoms. The van der Waals surface area contributed by atoms with Gasteiger partial charge in [-0.1, -0.05) is 92.1 Å². The van der Waals surface area contributed by atoms with Crippen LogP contribution in [-0.2, 0) is 16.1 Å². The highest BCUT2D eigenvalue weighted by atomic mass is 32.1. The van der Waals surface area contributed by atoms with Crippen molar-refractivity contribution in [1.29, 1.82) is 0 Å². The second-order valence-corrected chi connectivity index (χ2v) is 7.17. The van der Waals surface area contributed by atoms with Crippen LogP contribution in [0.5, 0.6) is 0 Å². The summed E-state index contributed by atoms with van der Waals surface area (Å²) >= 11 is 4.45. The van der Waals surface area contributed by atoms with Gasteiger partial charge < -0.3 is 4.74 Å². The average Bonchev–Trinajstić information content (AvgIpc) is 2.53. The van der Waals surface area contributed by atoms with Crippen LogP contribution in [0.1, 0.15) is 67.4 Å². The van der Waals surface area contributed by atoms with Crippen molar-refractivity contribution in [3.8, 4) is 0 Å². The molecule has 3 nitrogen and oxygen atoms in total. The van der Waals surface area contributed by atoms with E-state index in [0.29, 0.717) is 6.54 Å². The molecule has 0 saturated carbocycles. The summed E-state index contributed by atoms with van der Waals surface area (Å²) in [5, 5.41) is 0. The Labute approximate surface area is 161 Å². The fraction of sp³-hybridized carbons (Fsp3) is 0.667. The number of nitrogens with zero attached hydrogens (tertiary/aromatic N) is 1. The summed E-state index contributed by atoms with van der Waals surface area (Å²) in [5.74, 6) is 0.802. The molecule has 146 valence electrons. The van der Waals surface area contributed by atoms with Crippen molar-refractivity contribution in [3.05, 3.63) is 35.9 Å². The molecule has 0 aliphatic carbocycles. The van der Waals surface area contributed by atoms with E-state index in [2.05, 4.69) is 45.7 Å². The summed E-state index contributed by atoms with van der Waals surface area (Å²) in [6, 6.07) is 10.2. The lowest BCUT2D eigenvalue weighted by Crippen LogP contribution is -2.36. The summed E-state index contributed by atoms with van der Waals surface area (Å²) in [6.07, 6.45) is 1.82. The highest BCUT2D eigenvalue weighted by molar-refractivity contribution is 7.77. The van der Waals surface area contributed by atoms with Crippen molar-refractivity contribution < 1.29 is 9.53 Å². The zero-order valence-electron chi connectivity index (χ0n) is 16.2. The summed E-state index contributed by atoms with van der Waals surface area (Å²) in [5.41, 5.74) is 1.21. The Morgan fingerprint density at radius 2 is 1.68 bits per heavy atom. The third-order valence-corrected chi connectivity index (χ3v) is 3.53. The van der Waals surface area contributed by atoms with Gasteiger partial charge in [0.25, 0.3) is 0 Å². The van der Waals surface area contributed by atoms with Gasteiger partial charge in [0.1, 0.15) is 6.10 Å². The Bertz CT molecular complexity index is 434. The maximum atomic E-state index is 11.5. The first-order valence-corrected chi connectivity index (χ1v) is 9.46. The van der Waals surface area contributed by atoms with Gasteiger partial charge in [-0.15, -0.1) is 0 Å². The Hall–Kier alpha value is -1.00. The standard InChI is InChI=1S/C14H19NO2S.C4H10.C2H6.CH4/c1-11-7-8-13(17-14(11)16)10-15(18)9-12-5-3-2-4-6-12;1-4(2)3;1-2;/h2-6,11,13,18H,7-10H2,1H3;4H,1-3H3;1-2H3;1H4. The maximum Gasteiger partial charge on any atom is 0.308 e. The van der Waals surface area contributed by atoms with Crippen molar-refractivity contribution in [2.45, 2.75) is 74.5 Å². The van der Waals surface area contributed by atoms with Gasteiger partial charge in [0.15, 0.2) is 0 Å². The molecule has 1 aliphatic heterocycles. The van der Waals surface area contributed by atoms with E-state index in [9.17, 15) is 4.79 Å². The molecule has 25 heavy (non-hydrogen) atoms. The molecule has 2 rings (SSSR count). The molecule has 4 heteroatoms. The number of benzene rings is 1. The minimum absolute atomic E-state index is 0. The quantitative estimate of drug-likeness (QED) is 0.521. The summed E-state index contributed by atoms with van der Waals surface area (Å²) in [7, 11) is 0. The van der Waals surface area contributed by atoms with Gasteiger partial charge in [-0.3, -0.25) is 4.79 Å². The van der Waals surface area contributed by atoms with E-state index in [-0.39, 0.29) is 25.4 Å². The van der Waals surface area contributed by atoms with E-state index < -0.39 is 0 Å². The number of carbonyl (C=O) groups excluding carboxylic acids is 1. The van der Waals surface area contributed by atoms with Crippen LogP contribution in [0.4, 0.5) is 0 Å². The van der Waals surface area contributed by atoms with Crippen LogP contribution in [0, 0.1) is 11.8 Å². The molecule has 1 aliphatic rings. The molecule has 1 aromatic rings. The molecule has 0 radical (unpaired) electrons. The third-order valence-electron chi connectivity index (χ3n) is 3.23. The Balaban J connectivity index is 0. The van der Waals surface area contributed by atoms with Crippen LogP contribution in [0.2, 0.25) is 0 Å². The molecule has 2 atom stereocenters. The minimum atomic E-state index is -0.0762. The third kappa shape index (κ3) is 12.9. The SMILES string of the molecule is C.CC.CC(C)C.CC1CCC(CN(S)Cc2ccccc2)OC1=O. The van der Waals surface area contributed by atoms with Crippen molar-refractivity contribution in [2.75, 3.05) is 6.54 Å². The first kappa shape index (κ1) is 26.2. The van der Waals surface area contributed by atoms with Crippen molar-refractivity contribution in [1.82, 2.24) is 4.31 Å². The summed E-state index contributed by atoms with van der Waals surface area (Å²) in [6.45, 7) is 13.9. The second-order valence-electron chi connectivity index (χ2n) is 6.60. The Kier molecular flexibility index (Phi) is 16.0. The molecule has 1 heterocycles. The van der Waals surface area contributed by atoms with E-state index in [1.165, 1.54) is 5.56 Å². The van der Waals surface area contributed by atoms with E-state index >= 15 is 0 Å². The van der Waals surface area contributed by atoms with E-state index in [4.69, 9.17) is 4.74 Å². The summed E-state index contributed by atoms with van der Waals surface area (Å²) < 4.78 is 7.28. The van der Waals surface area contributed by atoms with Gasteiger partial charge in [0.05, 0.1) is 5.92 Å². The maximum absolute atomic E-state index is 11.5. The highest BCUT2D eigenvalue weighted by Crippen LogP contribution is 2.21.